The summed E-state index contributed by atoms with van der Waals surface area (Å²) in [5, 5.41) is 0. The van der Waals surface area contributed by atoms with Crippen LogP contribution in [0.4, 0.5) is 0 Å². The average molecular weight is 314 g/mol. The topological polar surface area (TPSA) is 71.1 Å². The van der Waals surface area contributed by atoms with Crippen molar-refractivity contribution in [3.63, 3.8) is 0 Å². The van der Waals surface area contributed by atoms with Gasteiger partial charge in [-0.2, -0.15) is 0 Å². The van der Waals surface area contributed by atoms with E-state index in [1.807, 2.05) is 17.0 Å². The summed E-state index contributed by atoms with van der Waals surface area (Å²) in [6.07, 6.45) is 6.66. The summed E-state index contributed by atoms with van der Waals surface area (Å²) in [6.45, 7) is 2.84. The number of likely N-dealkylation sites (tertiary alicyclic amines) is 1. The Balaban J connectivity index is 1.70. The summed E-state index contributed by atoms with van der Waals surface area (Å²) in [7, 11) is 1.62. The number of rotatable bonds is 5. The minimum Gasteiger partial charge on any atom is -0.495 e. The lowest BCUT2D eigenvalue weighted by atomic mass is 10.1. The van der Waals surface area contributed by atoms with Gasteiger partial charge >= 0.3 is 0 Å². The number of carbonyl (C=O) groups excluding carboxylic acids is 1. The summed E-state index contributed by atoms with van der Waals surface area (Å²) < 4.78 is 5.14. The number of ether oxygens (including phenoxy) is 1. The number of aryl methyl sites for hydroxylation is 1. The van der Waals surface area contributed by atoms with Gasteiger partial charge in [0.1, 0.15) is 11.6 Å². The minimum absolute atomic E-state index is 0.0500. The summed E-state index contributed by atoms with van der Waals surface area (Å²) in [6, 6.07) is 3.88. The third-order valence-corrected chi connectivity index (χ3v) is 4.29. The maximum atomic E-state index is 12.6. The lowest BCUT2D eigenvalue weighted by molar-refractivity contribution is -0.131. The number of methoxy groups -OCH3 is 1. The van der Waals surface area contributed by atoms with Gasteiger partial charge < -0.3 is 14.6 Å². The predicted octanol–water partition coefficient (Wildman–Crippen LogP) is 2.28. The zero-order chi connectivity index (χ0) is 16.2. The van der Waals surface area contributed by atoms with Crippen molar-refractivity contribution in [3.05, 3.63) is 41.7 Å². The molecule has 122 valence electrons. The Morgan fingerprint density at radius 2 is 2.26 bits per heavy atom. The second kappa shape index (κ2) is 6.81. The number of hydrogen-bond donors (Lipinski definition) is 1. The SMILES string of the molecule is CCc1cnc(CC(=O)N2CCCC2c2ccc(OC)cn2)[nH]1. The fourth-order valence-electron chi connectivity index (χ4n) is 3.00. The maximum Gasteiger partial charge on any atom is 0.230 e. The van der Waals surface area contributed by atoms with E-state index in [0.717, 1.165) is 48.8 Å². The van der Waals surface area contributed by atoms with Gasteiger partial charge in [-0.15, -0.1) is 0 Å². The number of aromatic amines is 1. The highest BCUT2D eigenvalue weighted by Gasteiger charge is 2.31. The molecule has 0 aromatic carbocycles. The maximum absolute atomic E-state index is 12.6. The fourth-order valence-corrected chi connectivity index (χ4v) is 3.00. The molecule has 3 heterocycles. The monoisotopic (exact) mass is 314 g/mol. The summed E-state index contributed by atoms with van der Waals surface area (Å²) in [5.74, 6) is 1.56. The summed E-state index contributed by atoms with van der Waals surface area (Å²) in [5.41, 5.74) is 1.98. The number of imidazole rings is 1. The first kappa shape index (κ1) is 15.5. The van der Waals surface area contributed by atoms with Crippen LogP contribution >= 0.6 is 0 Å². The second-order valence-corrected chi connectivity index (χ2v) is 5.75. The van der Waals surface area contributed by atoms with Crippen LogP contribution in [0.25, 0.3) is 0 Å². The Hall–Kier alpha value is -2.37. The quantitative estimate of drug-likeness (QED) is 0.919. The Bertz CT molecular complexity index is 665. The Labute approximate surface area is 135 Å². The minimum atomic E-state index is 0.0500. The Morgan fingerprint density at radius 1 is 1.39 bits per heavy atom. The fraction of sp³-hybridized carbons (Fsp3) is 0.471. The normalized spacial score (nSPS) is 17.5. The van der Waals surface area contributed by atoms with E-state index in [1.54, 1.807) is 19.5 Å². The third kappa shape index (κ3) is 3.36. The van der Waals surface area contributed by atoms with Gasteiger partial charge in [-0.3, -0.25) is 9.78 Å². The lowest BCUT2D eigenvalue weighted by Crippen LogP contribution is -2.32. The number of amides is 1. The van der Waals surface area contributed by atoms with Gasteiger partial charge in [0, 0.05) is 18.4 Å². The number of pyridine rings is 1. The van der Waals surface area contributed by atoms with Crippen LogP contribution in [-0.2, 0) is 17.6 Å². The molecule has 1 amide bonds. The molecule has 1 unspecified atom stereocenters. The molecule has 0 saturated carbocycles. The van der Waals surface area contributed by atoms with Crippen molar-refractivity contribution in [2.75, 3.05) is 13.7 Å². The van der Waals surface area contributed by atoms with E-state index in [0.29, 0.717) is 6.42 Å². The van der Waals surface area contributed by atoms with Crippen molar-refractivity contribution < 1.29 is 9.53 Å². The van der Waals surface area contributed by atoms with E-state index < -0.39 is 0 Å². The molecule has 3 rings (SSSR count). The lowest BCUT2D eigenvalue weighted by Gasteiger charge is -2.24. The molecule has 0 radical (unpaired) electrons. The number of hydrogen-bond acceptors (Lipinski definition) is 4. The smallest absolute Gasteiger partial charge is 0.230 e. The van der Waals surface area contributed by atoms with Gasteiger partial charge in [-0.1, -0.05) is 6.92 Å². The van der Waals surface area contributed by atoms with Gasteiger partial charge in [0.15, 0.2) is 0 Å². The molecule has 1 aliphatic heterocycles. The number of nitrogens with zero attached hydrogens (tertiary/aromatic N) is 3. The highest BCUT2D eigenvalue weighted by Crippen LogP contribution is 2.31. The van der Waals surface area contributed by atoms with E-state index in [2.05, 4.69) is 21.9 Å². The summed E-state index contributed by atoms with van der Waals surface area (Å²) in [4.78, 5) is 26.5. The van der Waals surface area contributed by atoms with Crippen molar-refractivity contribution in [3.8, 4) is 5.75 Å². The molecule has 0 spiro atoms. The first-order chi connectivity index (χ1) is 11.2. The molecule has 0 aliphatic carbocycles. The van der Waals surface area contributed by atoms with Crippen LogP contribution in [0.5, 0.6) is 5.75 Å². The van der Waals surface area contributed by atoms with Crippen LogP contribution in [0, 0.1) is 0 Å². The van der Waals surface area contributed by atoms with Crippen molar-refractivity contribution in [2.24, 2.45) is 0 Å². The molecule has 23 heavy (non-hydrogen) atoms. The largest absolute Gasteiger partial charge is 0.495 e. The average Bonchev–Trinajstić information content (AvgIpc) is 3.24. The number of H-pyrrole nitrogens is 1. The van der Waals surface area contributed by atoms with Crippen LogP contribution in [-0.4, -0.2) is 39.4 Å². The molecule has 6 heteroatoms. The molecule has 1 saturated heterocycles. The molecule has 1 atom stereocenters. The first-order valence-corrected chi connectivity index (χ1v) is 8.03. The predicted molar refractivity (Wildman–Crippen MR) is 86.1 cm³/mol. The number of nitrogens with one attached hydrogen (secondary N) is 1. The second-order valence-electron chi connectivity index (χ2n) is 5.75. The van der Waals surface area contributed by atoms with Gasteiger partial charge in [-0.05, 0) is 31.4 Å². The number of aromatic nitrogens is 3. The third-order valence-electron chi connectivity index (χ3n) is 4.29. The van der Waals surface area contributed by atoms with E-state index in [9.17, 15) is 4.79 Å². The zero-order valence-corrected chi connectivity index (χ0v) is 13.6. The Morgan fingerprint density at radius 3 is 2.91 bits per heavy atom. The van der Waals surface area contributed by atoms with Crippen LogP contribution in [0.1, 0.15) is 43.0 Å². The van der Waals surface area contributed by atoms with E-state index in [4.69, 9.17) is 4.74 Å². The molecule has 1 N–H and O–H groups in total. The molecular formula is C17H22N4O2. The van der Waals surface area contributed by atoms with Crippen LogP contribution in [0.15, 0.2) is 24.5 Å². The highest BCUT2D eigenvalue weighted by atomic mass is 16.5. The van der Waals surface area contributed by atoms with Crippen molar-refractivity contribution in [2.45, 2.75) is 38.6 Å². The van der Waals surface area contributed by atoms with Gasteiger partial charge in [0.25, 0.3) is 0 Å². The molecule has 0 bridgehead atoms. The van der Waals surface area contributed by atoms with E-state index in [1.165, 1.54) is 0 Å². The highest BCUT2D eigenvalue weighted by molar-refractivity contribution is 5.78. The van der Waals surface area contributed by atoms with Crippen molar-refractivity contribution >= 4 is 5.91 Å². The Kier molecular flexibility index (Phi) is 4.60. The van der Waals surface area contributed by atoms with E-state index in [-0.39, 0.29) is 11.9 Å². The van der Waals surface area contributed by atoms with Gasteiger partial charge in [-0.25, -0.2) is 4.98 Å². The molecule has 2 aromatic heterocycles. The molecule has 6 nitrogen and oxygen atoms in total. The molecule has 2 aromatic rings. The van der Waals surface area contributed by atoms with Crippen molar-refractivity contribution in [1.29, 1.82) is 0 Å². The van der Waals surface area contributed by atoms with E-state index >= 15 is 0 Å². The summed E-state index contributed by atoms with van der Waals surface area (Å²) >= 11 is 0. The van der Waals surface area contributed by atoms with Crippen LogP contribution in [0.2, 0.25) is 0 Å². The van der Waals surface area contributed by atoms with Crippen LogP contribution in [0.3, 0.4) is 0 Å². The number of carbonyl (C=O) groups is 1. The first-order valence-electron chi connectivity index (χ1n) is 8.03. The molecular weight excluding hydrogens is 292 g/mol. The molecule has 1 aliphatic rings. The van der Waals surface area contributed by atoms with Gasteiger partial charge in [0.05, 0.1) is 31.5 Å². The standard InChI is InChI=1S/C17H22N4O2/c1-3-12-10-19-16(20-12)9-17(22)21-8-4-5-15(21)14-7-6-13(23-2)11-18-14/h6-7,10-11,15H,3-5,8-9H2,1-2H3,(H,19,20). The zero-order valence-electron chi connectivity index (χ0n) is 13.6. The van der Waals surface area contributed by atoms with Gasteiger partial charge in [0.2, 0.25) is 5.91 Å². The van der Waals surface area contributed by atoms with Crippen molar-refractivity contribution in [1.82, 2.24) is 19.9 Å². The molecule has 1 fully saturated rings. The van der Waals surface area contributed by atoms with Crippen LogP contribution < -0.4 is 4.74 Å².